The average molecular weight is 406 g/mol. The molecular formula is C23H23FN4O2. The van der Waals surface area contributed by atoms with Crippen molar-refractivity contribution in [3.63, 3.8) is 0 Å². The molecule has 0 saturated heterocycles. The number of nitrogens with one attached hydrogen (secondary N) is 2. The number of hydrogen-bond donors (Lipinski definition) is 3. The molecule has 2 aromatic carbocycles. The van der Waals surface area contributed by atoms with Crippen LogP contribution in [0.15, 0.2) is 60.8 Å². The van der Waals surface area contributed by atoms with Crippen LogP contribution in [0, 0.1) is 5.82 Å². The predicted octanol–water partition coefficient (Wildman–Crippen LogP) is 3.49. The fraction of sp³-hybridized carbons (Fsp3) is 0.217. The third kappa shape index (κ3) is 3.97. The van der Waals surface area contributed by atoms with Gasteiger partial charge < -0.3 is 15.4 Å². The van der Waals surface area contributed by atoms with Crippen molar-refractivity contribution in [2.24, 2.45) is 7.05 Å². The number of aliphatic hydroxyl groups excluding tert-OH is 1. The first kappa shape index (κ1) is 19.8. The van der Waals surface area contributed by atoms with Gasteiger partial charge in [-0.25, -0.2) is 4.39 Å². The Morgan fingerprint density at radius 2 is 1.97 bits per heavy atom. The van der Waals surface area contributed by atoms with Gasteiger partial charge in [-0.05, 0) is 53.9 Å². The molecule has 0 aliphatic heterocycles. The van der Waals surface area contributed by atoms with Crippen molar-refractivity contribution < 1.29 is 14.3 Å². The standard InChI is InChI=1S/C23H23FN4O2/c1-28-21(12-13-25-28)20(14-29)26-22(30)11-10-18-17-4-2-3-5-19(17)27-23(18)15-6-8-16(24)9-7-15/h2-9,12-13,20,27,29H,10-11,14H2,1H3,(H,26,30). The largest absolute Gasteiger partial charge is 0.394 e. The van der Waals surface area contributed by atoms with E-state index in [9.17, 15) is 14.3 Å². The number of nitrogens with zero attached hydrogens (tertiary/aromatic N) is 2. The summed E-state index contributed by atoms with van der Waals surface area (Å²) in [5.74, 6) is -0.452. The van der Waals surface area contributed by atoms with Gasteiger partial charge in [-0.1, -0.05) is 18.2 Å². The van der Waals surface area contributed by atoms with Crippen molar-refractivity contribution in [3.8, 4) is 11.3 Å². The number of amides is 1. The summed E-state index contributed by atoms with van der Waals surface area (Å²) in [6, 6.07) is 15.5. The number of halogens is 1. The van der Waals surface area contributed by atoms with Crippen LogP contribution in [0.1, 0.15) is 23.7 Å². The minimum Gasteiger partial charge on any atom is -0.394 e. The van der Waals surface area contributed by atoms with E-state index in [1.54, 1.807) is 36.1 Å². The van der Waals surface area contributed by atoms with Crippen LogP contribution >= 0.6 is 0 Å². The van der Waals surface area contributed by atoms with Crippen LogP contribution in [-0.4, -0.2) is 32.4 Å². The van der Waals surface area contributed by atoms with E-state index in [0.717, 1.165) is 33.4 Å². The maximum absolute atomic E-state index is 13.4. The normalized spacial score (nSPS) is 12.2. The molecule has 4 rings (SSSR count). The maximum atomic E-state index is 13.4. The molecule has 154 valence electrons. The Kier molecular flexibility index (Phi) is 5.63. The van der Waals surface area contributed by atoms with Gasteiger partial charge in [-0.15, -0.1) is 0 Å². The first-order valence-electron chi connectivity index (χ1n) is 9.80. The Bertz CT molecular complexity index is 1160. The third-order valence-corrected chi connectivity index (χ3v) is 5.28. The minimum atomic E-state index is -0.510. The van der Waals surface area contributed by atoms with Crippen molar-refractivity contribution in [2.75, 3.05) is 6.61 Å². The number of rotatable bonds is 7. The monoisotopic (exact) mass is 406 g/mol. The highest BCUT2D eigenvalue weighted by molar-refractivity contribution is 5.91. The smallest absolute Gasteiger partial charge is 0.220 e. The highest BCUT2D eigenvalue weighted by Crippen LogP contribution is 2.31. The van der Waals surface area contributed by atoms with E-state index in [2.05, 4.69) is 15.4 Å². The number of para-hydroxylation sites is 1. The molecule has 0 radical (unpaired) electrons. The molecule has 30 heavy (non-hydrogen) atoms. The quantitative estimate of drug-likeness (QED) is 0.439. The molecule has 0 bridgehead atoms. The summed E-state index contributed by atoms with van der Waals surface area (Å²) >= 11 is 0. The summed E-state index contributed by atoms with van der Waals surface area (Å²) < 4.78 is 15.0. The lowest BCUT2D eigenvalue weighted by atomic mass is 10.0. The average Bonchev–Trinajstić information content (AvgIpc) is 3.34. The van der Waals surface area contributed by atoms with E-state index >= 15 is 0 Å². The molecule has 0 aliphatic carbocycles. The maximum Gasteiger partial charge on any atom is 0.220 e. The number of benzene rings is 2. The van der Waals surface area contributed by atoms with Gasteiger partial charge in [0, 0.05) is 36.3 Å². The molecular weight excluding hydrogens is 383 g/mol. The van der Waals surface area contributed by atoms with Crippen molar-refractivity contribution in [1.29, 1.82) is 0 Å². The molecule has 3 N–H and O–H groups in total. The zero-order valence-electron chi connectivity index (χ0n) is 16.6. The van der Waals surface area contributed by atoms with Crippen LogP contribution < -0.4 is 5.32 Å². The first-order valence-corrected chi connectivity index (χ1v) is 9.80. The lowest BCUT2D eigenvalue weighted by Gasteiger charge is -2.16. The van der Waals surface area contributed by atoms with Crippen molar-refractivity contribution in [3.05, 3.63) is 77.9 Å². The van der Waals surface area contributed by atoms with E-state index < -0.39 is 6.04 Å². The number of aromatic nitrogens is 3. The predicted molar refractivity (Wildman–Crippen MR) is 113 cm³/mol. The van der Waals surface area contributed by atoms with Crippen molar-refractivity contribution >= 4 is 16.8 Å². The number of aromatic amines is 1. The van der Waals surface area contributed by atoms with Crippen LogP contribution in [0.3, 0.4) is 0 Å². The van der Waals surface area contributed by atoms with E-state index in [0.29, 0.717) is 6.42 Å². The highest BCUT2D eigenvalue weighted by atomic mass is 19.1. The fourth-order valence-corrected chi connectivity index (χ4v) is 3.77. The number of hydrogen-bond acceptors (Lipinski definition) is 3. The molecule has 1 amide bonds. The van der Waals surface area contributed by atoms with Gasteiger partial charge in [-0.2, -0.15) is 5.10 Å². The van der Waals surface area contributed by atoms with Gasteiger partial charge in [0.05, 0.1) is 18.3 Å². The molecule has 2 heterocycles. The van der Waals surface area contributed by atoms with Crippen LogP contribution in [0.5, 0.6) is 0 Å². The summed E-state index contributed by atoms with van der Waals surface area (Å²) in [4.78, 5) is 16.0. The van der Waals surface area contributed by atoms with Crippen molar-refractivity contribution in [1.82, 2.24) is 20.1 Å². The second-order valence-corrected chi connectivity index (χ2v) is 7.21. The van der Waals surface area contributed by atoms with Crippen LogP contribution in [-0.2, 0) is 18.3 Å². The number of aliphatic hydroxyl groups is 1. The summed E-state index contributed by atoms with van der Waals surface area (Å²) in [5, 5.41) is 17.7. The molecule has 0 fully saturated rings. The first-order chi connectivity index (χ1) is 14.6. The second kappa shape index (κ2) is 8.51. The van der Waals surface area contributed by atoms with Crippen LogP contribution in [0.2, 0.25) is 0 Å². The Hall–Kier alpha value is -3.45. The molecule has 0 spiro atoms. The fourth-order valence-electron chi connectivity index (χ4n) is 3.77. The van der Waals surface area contributed by atoms with E-state index in [1.807, 2.05) is 24.3 Å². The number of aryl methyl sites for hydroxylation is 2. The molecule has 0 saturated carbocycles. The summed E-state index contributed by atoms with van der Waals surface area (Å²) in [6.07, 6.45) is 2.39. The van der Waals surface area contributed by atoms with Gasteiger partial charge in [0.2, 0.25) is 5.91 Å². The van der Waals surface area contributed by atoms with Gasteiger partial charge in [-0.3, -0.25) is 9.48 Å². The van der Waals surface area contributed by atoms with Gasteiger partial charge >= 0.3 is 0 Å². The number of H-pyrrole nitrogens is 1. The Labute approximate surface area is 173 Å². The highest BCUT2D eigenvalue weighted by Gasteiger charge is 2.18. The van der Waals surface area contributed by atoms with E-state index in [-0.39, 0.29) is 24.8 Å². The SMILES string of the molecule is Cn1nccc1C(CO)NC(=O)CCc1c(-c2ccc(F)cc2)[nH]c2ccccc12. The number of carbonyl (C=O) groups excluding carboxylic acids is 1. The molecule has 7 heteroatoms. The Morgan fingerprint density at radius 3 is 2.67 bits per heavy atom. The summed E-state index contributed by atoms with van der Waals surface area (Å²) in [7, 11) is 1.77. The van der Waals surface area contributed by atoms with Gasteiger partial charge in [0.1, 0.15) is 5.82 Å². The summed E-state index contributed by atoms with van der Waals surface area (Å²) in [6.45, 7) is -0.209. The molecule has 1 atom stereocenters. The zero-order chi connectivity index (χ0) is 21.1. The van der Waals surface area contributed by atoms with Gasteiger partial charge in [0.15, 0.2) is 0 Å². The van der Waals surface area contributed by atoms with Crippen LogP contribution in [0.4, 0.5) is 4.39 Å². The molecule has 6 nitrogen and oxygen atoms in total. The molecule has 0 aliphatic rings. The Balaban J connectivity index is 1.56. The lowest BCUT2D eigenvalue weighted by Crippen LogP contribution is -2.32. The third-order valence-electron chi connectivity index (χ3n) is 5.28. The minimum absolute atomic E-state index is 0.161. The second-order valence-electron chi connectivity index (χ2n) is 7.21. The van der Waals surface area contributed by atoms with Crippen molar-refractivity contribution in [2.45, 2.75) is 18.9 Å². The number of carbonyl (C=O) groups is 1. The molecule has 2 aromatic heterocycles. The van der Waals surface area contributed by atoms with Gasteiger partial charge in [0.25, 0.3) is 0 Å². The van der Waals surface area contributed by atoms with E-state index in [4.69, 9.17) is 0 Å². The summed E-state index contributed by atoms with van der Waals surface area (Å²) in [5.41, 5.74) is 4.47. The Morgan fingerprint density at radius 1 is 1.20 bits per heavy atom. The van der Waals surface area contributed by atoms with E-state index in [1.165, 1.54) is 12.1 Å². The molecule has 1 unspecified atom stereocenters. The topological polar surface area (TPSA) is 82.9 Å². The van der Waals surface area contributed by atoms with Crippen LogP contribution in [0.25, 0.3) is 22.2 Å². The lowest BCUT2D eigenvalue weighted by molar-refractivity contribution is -0.122. The molecule has 4 aromatic rings. The number of fused-ring (bicyclic) bond motifs is 1. The zero-order valence-corrected chi connectivity index (χ0v) is 16.6.